The number of aromatic nitrogens is 1. The predicted molar refractivity (Wildman–Crippen MR) is 108 cm³/mol. The van der Waals surface area contributed by atoms with Gasteiger partial charge in [-0.25, -0.2) is 4.98 Å². The van der Waals surface area contributed by atoms with Gasteiger partial charge >= 0.3 is 0 Å². The van der Waals surface area contributed by atoms with Gasteiger partial charge in [0.1, 0.15) is 5.82 Å². The van der Waals surface area contributed by atoms with E-state index in [1.807, 2.05) is 29.2 Å². The molecular weight excluding hydrogens is 354 g/mol. The summed E-state index contributed by atoms with van der Waals surface area (Å²) in [5.74, 6) is 0.627. The molecule has 1 spiro atoms. The average Bonchev–Trinajstić information content (AvgIpc) is 3.16. The van der Waals surface area contributed by atoms with Crippen molar-refractivity contribution in [1.29, 1.82) is 0 Å². The van der Waals surface area contributed by atoms with Gasteiger partial charge in [0.25, 0.3) is 5.91 Å². The third kappa shape index (κ3) is 3.88. The molecule has 6 nitrogen and oxygen atoms in total. The molecule has 3 heterocycles. The molecule has 2 aliphatic rings. The number of hydrogen-bond acceptors (Lipinski definition) is 5. The molecule has 0 unspecified atom stereocenters. The Kier molecular flexibility index (Phi) is 5.33. The normalized spacial score (nSPS) is 18.6. The highest BCUT2D eigenvalue weighted by Gasteiger charge is 2.40. The van der Waals surface area contributed by atoms with Crippen LogP contribution in [0.5, 0.6) is 0 Å². The zero-order valence-corrected chi connectivity index (χ0v) is 16.5. The van der Waals surface area contributed by atoms with Crippen molar-refractivity contribution in [3.63, 3.8) is 0 Å². The third-order valence-corrected chi connectivity index (χ3v) is 5.48. The number of likely N-dealkylation sites (tertiary alicyclic amines) is 1. The van der Waals surface area contributed by atoms with Gasteiger partial charge in [-0.05, 0) is 29.7 Å². The molecule has 6 heteroatoms. The Balaban J connectivity index is 1.46. The van der Waals surface area contributed by atoms with Gasteiger partial charge in [0.05, 0.1) is 13.2 Å². The van der Waals surface area contributed by atoms with Gasteiger partial charge < -0.3 is 19.7 Å². The molecule has 0 bridgehead atoms. The molecule has 0 atom stereocenters. The summed E-state index contributed by atoms with van der Waals surface area (Å²) in [5.41, 5.74) is 2.88. The zero-order valence-electron chi connectivity index (χ0n) is 16.5. The minimum Gasteiger partial charge on any atom is -0.347 e. The summed E-state index contributed by atoms with van der Waals surface area (Å²) in [6, 6.07) is 11.8. The van der Waals surface area contributed by atoms with Gasteiger partial charge in [-0.1, -0.05) is 32.0 Å². The number of nitrogens with one attached hydrogen (secondary N) is 1. The first kappa shape index (κ1) is 18.9. The number of carbonyl (C=O) groups excluding carboxylic acids is 1. The van der Waals surface area contributed by atoms with Crippen molar-refractivity contribution < 1.29 is 14.3 Å². The Hall–Kier alpha value is -2.44. The number of para-hydroxylation sites is 1. The maximum atomic E-state index is 13.0. The Morgan fingerprint density at radius 3 is 2.57 bits per heavy atom. The van der Waals surface area contributed by atoms with E-state index in [0.29, 0.717) is 43.6 Å². The van der Waals surface area contributed by atoms with Gasteiger partial charge in [0.15, 0.2) is 5.79 Å². The van der Waals surface area contributed by atoms with Crippen LogP contribution in [0.3, 0.4) is 0 Å². The van der Waals surface area contributed by atoms with Gasteiger partial charge in [0, 0.05) is 43.4 Å². The lowest BCUT2D eigenvalue weighted by Gasteiger charge is -2.37. The highest BCUT2D eigenvalue weighted by atomic mass is 16.7. The molecule has 2 fully saturated rings. The maximum Gasteiger partial charge on any atom is 0.254 e. The standard InChI is InChI=1S/C22H27N3O3/c1-16(2)18-5-3-4-6-19(18)24-20-15-17(7-10-23-20)21(26)25-11-8-22(9-12-25)27-13-14-28-22/h3-7,10,15-16H,8-9,11-14H2,1-2H3,(H,23,24). The van der Waals surface area contributed by atoms with Crippen LogP contribution in [-0.2, 0) is 9.47 Å². The summed E-state index contributed by atoms with van der Waals surface area (Å²) in [4.78, 5) is 19.2. The first-order valence-electron chi connectivity index (χ1n) is 9.95. The average molecular weight is 381 g/mol. The van der Waals surface area contributed by atoms with Crippen molar-refractivity contribution in [3.8, 4) is 0 Å². The summed E-state index contributed by atoms with van der Waals surface area (Å²) >= 11 is 0. The lowest BCUT2D eigenvalue weighted by Crippen LogP contribution is -2.47. The Morgan fingerprint density at radius 1 is 1.14 bits per heavy atom. The van der Waals surface area contributed by atoms with Crippen molar-refractivity contribution in [2.45, 2.75) is 38.4 Å². The molecule has 0 aliphatic carbocycles. The fraction of sp³-hybridized carbons (Fsp3) is 0.455. The number of rotatable bonds is 4. The van der Waals surface area contributed by atoms with Crippen LogP contribution in [0.2, 0.25) is 0 Å². The molecule has 2 aliphatic heterocycles. The Morgan fingerprint density at radius 2 is 1.86 bits per heavy atom. The fourth-order valence-corrected chi connectivity index (χ4v) is 3.90. The molecular formula is C22H27N3O3. The van der Waals surface area contributed by atoms with E-state index in [2.05, 4.69) is 30.2 Å². The van der Waals surface area contributed by atoms with Gasteiger partial charge in [-0.2, -0.15) is 0 Å². The second-order valence-electron chi connectivity index (χ2n) is 7.70. The first-order chi connectivity index (χ1) is 13.6. The summed E-state index contributed by atoms with van der Waals surface area (Å²) in [7, 11) is 0. The van der Waals surface area contributed by atoms with Crippen molar-refractivity contribution in [2.75, 3.05) is 31.6 Å². The number of anilines is 2. The predicted octanol–water partition coefficient (Wildman–Crippen LogP) is 3.93. The third-order valence-electron chi connectivity index (χ3n) is 5.48. The first-order valence-corrected chi connectivity index (χ1v) is 9.95. The van der Waals surface area contributed by atoms with E-state index in [9.17, 15) is 4.79 Å². The number of pyridine rings is 1. The van der Waals surface area contributed by atoms with Crippen LogP contribution < -0.4 is 5.32 Å². The van der Waals surface area contributed by atoms with Crippen LogP contribution in [0.15, 0.2) is 42.6 Å². The maximum absolute atomic E-state index is 13.0. The van der Waals surface area contributed by atoms with Gasteiger partial charge in [0.2, 0.25) is 0 Å². The van der Waals surface area contributed by atoms with E-state index in [4.69, 9.17) is 9.47 Å². The second-order valence-corrected chi connectivity index (χ2v) is 7.70. The van der Waals surface area contributed by atoms with Crippen molar-refractivity contribution in [1.82, 2.24) is 9.88 Å². The minimum absolute atomic E-state index is 0.0236. The summed E-state index contributed by atoms with van der Waals surface area (Å²) in [6.45, 7) is 6.89. The van der Waals surface area contributed by atoms with Crippen LogP contribution in [0.25, 0.3) is 0 Å². The van der Waals surface area contributed by atoms with Crippen LogP contribution >= 0.6 is 0 Å². The summed E-state index contributed by atoms with van der Waals surface area (Å²) in [5, 5.41) is 3.37. The zero-order chi connectivity index (χ0) is 19.6. The van der Waals surface area contributed by atoms with E-state index in [1.165, 1.54) is 5.56 Å². The Labute approximate surface area is 165 Å². The lowest BCUT2D eigenvalue weighted by atomic mass is 10.0. The van der Waals surface area contributed by atoms with E-state index >= 15 is 0 Å². The van der Waals surface area contributed by atoms with Gasteiger partial charge in [-0.15, -0.1) is 0 Å². The molecule has 4 rings (SSSR count). The highest BCUT2D eigenvalue weighted by Crippen LogP contribution is 2.32. The molecule has 1 amide bonds. The second kappa shape index (κ2) is 7.89. The molecule has 0 saturated carbocycles. The quantitative estimate of drug-likeness (QED) is 0.869. The smallest absolute Gasteiger partial charge is 0.254 e. The topological polar surface area (TPSA) is 63.7 Å². The van der Waals surface area contributed by atoms with E-state index < -0.39 is 5.79 Å². The molecule has 0 radical (unpaired) electrons. The van der Waals surface area contributed by atoms with Crippen molar-refractivity contribution in [3.05, 3.63) is 53.7 Å². The molecule has 1 aromatic heterocycles. The summed E-state index contributed by atoms with van der Waals surface area (Å²) < 4.78 is 11.5. The van der Waals surface area contributed by atoms with E-state index in [0.717, 1.165) is 18.5 Å². The summed E-state index contributed by atoms with van der Waals surface area (Å²) in [6.07, 6.45) is 3.12. The van der Waals surface area contributed by atoms with Gasteiger partial charge in [-0.3, -0.25) is 4.79 Å². The molecule has 2 aromatic rings. The number of carbonyl (C=O) groups is 1. The molecule has 1 aromatic carbocycles. The van der Waals surface area contributed by atoms with E-state index in [-0.39, 0.29) is 5.91 Å². The van der Waals surface area contributed by atoms with Crippen LogP contribution in [0.4, 0.5) is 11.5 Å². The molecule has 28 heavy (non-hydrogen) atoms. The number of hydrogen-bond donors (Lipinski definition) is 1. The minimum atomic E-state index is -0.470. The number of benzene rings is 1. The van der Waals surface area contributed by atoms with E-state index in [1.54, 1.807) is 12.3 Å². The number of piperidine rings is 1. The number of amides is 1. The molecule has 1 N–H and O–H groups in total. The number of nitrogens with zero attached hydrogens (tertiary/aromatic N) is 2. The van der Waals surface area contributed by atoms with Crippen molar-refractivity contribution in [2.24, 2.45) is 0 Å². The fourth-order valence-electron chi connectivity index (χ4n) is 3.90. The van der Waals surface area contributed by atoms with Crippen LogP contribution in [0.1, 0.15) is 48.5 Å². The lowest BCUT2D eigenvalue weighted by molar-refractivity contribution is -0.181. The highest BCUT2D eigenvalue weighted by molar-refractivity contribution is 5.95. The number of ether oxygens (including phenoxy) is 2. The monoisotopic (exact) mass is 381 g/mol. The van der Waals surface area contributed by atoms with Crippen LogP contribution in [-0.4, -0.2) is 47.9 Å². The molecule has 2 saturated heterocycles. The Bertz CT molecular complexity index is 836. The molecule has 148 valence electrons. The van der Waals surface area contributed by atoms with Crippen molar-refractivity contribution >= 4 is 17.4 Å². The largest absolute Gasteiger partial charge is 0.347 e. The van der Waals surface area contributed by atoms with Crippen LogP contribution in [0, 0.1) is 0 Å². The SMILES string of the molecule is CC(C)c1ccccc1Nc1cc(C(=O)N2CCC3(CC2)OCCO3)ccn1.